The lowest BCUT2D eigenvalue weighted by molar-refractivity contribution is -0.898. The average Bonchev–Trinajstić information content (AvgIpc) is 3.12. The molecule has 28 heavy (non-hydrogen) atoms. The number of hydrogen-bond donors (Lipinski definition) is 2. The van der Waals surface area contributed by atoms with Crippen LogP contribution >= 0.6 is 11.3 Å². The van der Waals surface area contributed by atoms with E-state index in [0.29, 0.717) is 18.2 Å². The highest BCUT2D eigenvalue weighted by molar-refractivity contribution is 7.18. The van der Waals surface area contributed by atoms with Crippen LogP contribution in [0.1, 0.15) is 23.8 Å². The highest BCUT2D eigenvalue weighted by atomic mass is 32.1. The van der Waals surface area contributed by atoms with Gasteiger partial charge in [-0.25, -0.2) is 4.98 Å². The maximum atomic E-state index is 12.4. The van der Waals surface area contributed by atoms with Gasteiger partial charge in [-0.05, 0) is 31.0 Å². The van der Waals surface area contributed by atoms with Crippen LogP contribution in [0.3, 0.4) is 0 Å². The summed E-state index contributed by atoms with van der Waals surface area (Å²) < 4.78 is 1.20. The van der Waals surface area contributed by atoms with E-state index in [1.54, 1.807) is 23.5 Å². The van der Waals surface area contributed by atoms with Gasteiger partial charge in [0, 0.05) is 17.8 Å². The number of quaternary nitrogens is 1. The number of thiazole rings is 1. The number of nitrogens with zero attached hydrogens (tertiary/aromatic N) is 2. The number of amides is 1. The third kappa shape index (κ3) is 4.18. The van der Waals surface area contributed by atoms with Gasteiger partial charge in [0.1, 0.15) is 5.01 Å². The summed E-state index contributed by atoms with van der Waals surface area (Å²) in [5.74, 6) is 0.243. The van der Waals surface area contributed by atoms with Crippen LogP contribution in [-0.2, 0) is 4.79 Å². The van der Waals surface area contributed by atoms with Gasteiger partial charge in [-0.15, -0.1) is 11.3 Å². The van der Waals surface area contributed by atoms with E-state index in [4.69, 9.17) is 4.98 Å². The third-order valence-corrected chi connectivity index (χ3v) is 6.23. The SMILES string of the molecule is O=C(C[NH+]1CCC[C@@H](c2nc3ccccc3s2)C1)Nc1cccc([N+](=O)[O-])c1. The number of aromatic nitrogens is 1. The average molecular weight is 397 g/mol. The van der Waals surface area contributed by atoms with E-state index in [9.17, 15) is 14.9 Å². The first-order valence-electron chi connectivity index (χ1n) is 9.32. The molecule has 2 aromatic carbocycles. The predicted molar refractivity (Wildman–Crippen MR) is 109 cm³/mol. The fourth-order valence-electron chi connectivity index (χ4n) is 3.72. The Hall–Kier alpha value is -2.84. The summed E-state index contributed by atoms with van der Waals surface area (Å²) in [7, 11) is 0. The molecule has 0 aliphatic carbocycles. The van der Waals surface area contributed by atoms with Crippen molar-refractivity contribution in [2.24, 2.45) is 0 Å². The molecule has 7 nitrogen and oxygen atoms in total. The summed E-state index contributed by atoms with van der Waals surface area (Å²) in [6.07, 6.45) is 2.15. The zero-order valence-electron chi connectivity index (χ0n) is 15.3. The fraction of sp³-hybridized carbons (Fsp3) is 0.300. The second-order valence-corrected chi connectivity index (χ2v) is 8.16. The molecule has 1 saturated heterocycles. The first-order chi connectivity index (χ1) is 13.6. The van der Waals surface area contributed by atoms with E-state index in [2.05, 4.69) is 11.4 Å². The Morgan fingerprint density at radius 2 is 2.14 bits per heavy atom. The number of para-hydroxylation sites is 1. The number of benzene rings is 2. The lowest BCUT2D eigenvalue weighted by Gasteiger charge is -2.28. The quantitative estimate of drug-likeness (QED) is 0.512. The summed E-state index contributed by atoms with van der Waals surface area (Å²) in [6.45, 7) is 2.18. The standard InChI is InChI=1S/C20H20N4O3S/c25-19(21-15-6-3-7-16(11-15)24(26)27)13-23-10-4-5-14(12-23)20-22-17-8-1-2-9-18(17)28-20/h1-3,6-9,11,14H,4-5,10,12-13H2,(H,21,25)/p+1/t14-/m1/s1. The number of fused-ring (bicyclic) bond motifs is 1. The number of nitrogens with one attached hydrogen (secondary N) is 2. The third-order valence-electron chi connectivity index (χ3n) is 5.03. The molecule has 0 saturated carbocycles. The smallest absolute Gasteiger partial charge is 0.279 e. The maximum Gasteiger partial charge on any atom is 0.279 e. The Labute approximate surface area is 166 Å². The van der Waals surface area contributed by atoms with Crippen LogP contribution in [0.4, 0.5) is 11.4 Å². The topological polar surface area (TPSA) is 89.6 Å². The van der Waals surface area contributed by atoms with Gasteiger partial charge in [0.05, 0.1) is 34.1 Å². The number of likely N-dealkylation sites (tertiary alicyclic amines) is 1. The van der Waals surface area contributed by atoms with Crippen molar-refractivity contribution >= 4 is 38.8 Å². The molecule has 3 aromatic rings. The van der Waals surface area contributed by atoms with Crippen molar-refractivity contribution in [2.75, 3.05) is 25.0 Å². The van der Waals surface area contributed by atoms with Crippen molar-refractivity contribution in [3.05, 3.63) is 63.7 Å². The maximum absolute atomic E-state index is 12.4. The number of hydrogen-bond acceptors (Lipinski definition) is 5. The molecule has 4 rings (SSSR count). The number of piperidine rings is 1. The summed E-state index contributed by atoms with van der Waals surface area (Å²) in [4.78, 5) is 28.8. The Bertz CT molecular complexity index is 986. The largest absolute Gasteiger partial charge is 0.327 e. The van der Waals surface area contributed by atoms with Gasteiger partial charge in [0.15, 0.2) is 6.54 Å². The molecule has 1 amide bonds. The highest BCUT2D eigenvalue weighted by Gasteiger charge is 2.28. The van der Waals surface area contributed by atoms with E-state index in [1.807, 2.05) is 18.2 Å². The summed E-state index contributed by atoms with van der Waals surface area (Å²) in [5.41, 5.74) is 1.47. The molecule has 0 radical (unpaired) electrons. The number of carbonyl (C=O) groups is 1. The first kappa shape index (κ1) is 18.5. The van der Waals surface area contributed by atoms with Crippen molar-refractivity contribution in [2.45, 2.75) is 18.8 Å². The van der Waals surface area contributed by atoms with Crippen LogP contribution in [-0.4, -0.2) is 35.4 Å². The summed E-state index contributed by atoms with van der Waals surface area (Å²) in [5, 5.41) is 14.8. The molecular formula is C20H21N4O3S+. The van der Waals surface area contributed by atoms with Crippen LogP contribution < -0.4 is 10.2 Å². The zero-order chi connectivity index (χ0) is 19.5. The Balaban J connectivity index is 1.38. The number of carbonyl (C=O) groups excluding carboxylic acids is 1. The summed E-state index contributed by atoms with van der Waals surface area (Å²) >= 11 is 1.74. The number of nitro benzene ring substituents is 1. The van der Waals surface area contributed by atoms with Crippen LogP contribution in [0.2, 0.25) is 0 Å². The molecule has 1 unspecified atom stereocenters. The number of anilines is 1. The van der Waals surface area contributed by atoms with Crippen LogP contribution in [0, 0.1) is 10.1 Å². The van der Waals surface area contributed by atoms with Crippen molar-refractivity contribution in [3.8, 4) is 0 Å². The lowest BCUT2D eigenvalue weighted by Crippen LogP contribution is -3.14. The Morgan fingerprint density at radius 1 is 1.29 bits per heavy atom. The van der Waals surface area contributed by atoms with Gasteiger partial charge in [0.25, 0.3) is 11.6 Å². The zero-order valence-corrected chi connectivity index (χ0v) is 16.1. The van der Waals surface area contributed by atoms with Crippen molar-refractivity contribution in [3.63, 3.8) is 0 Å². The van der Waals surface area contributed by atoms with E-state index in [1.165, 1.54) is 21.7 Å². The lowest BCUT2D eigenvalue weighted by atomic mass is 9.99. The Kier molecular flexibility index (Phi) is 5.31. The van der Waals surface area contributed by atoms with E-state index >= 15 is 0 Å². The minimum absolute atomic E-state index is 0.0287. The molecule has 2 atom stereocenters. The van der Waals surface area contributed by atoms with Gasteiger partial charge in [-0.2, -0.15) is 0 Å². The molecule has 8 heteroatoms. The molecule has 0 spiro atoms. The van der Waals surface area contributed by atoms with E-state index < -0.39 is 4.92 Å². The van der Waals surface area contributed by atoms with E-state index in [0.717, 1.165) is 36.5 Å². The number of nitro groups is 1. The fourth-order valence-corrected chi connectivity index (χ4v) is 4.82. The monoisotopic (exact) mass is 397 g/mol. The molecule has 1 fully saturated rings. The molecule has 0 bridgehead atoms. The highest BCUT2D eigenvalue weighted by Crippen LogP contribution is 2.30. The molecule has 144 valence electrons. The van der Waals surface area contributed by atoms with Crippen molar-refractivity contribution in [1.82, 2.24) is 4.98 Å². The molecule has 1 aliphatic heterocycles. The summed E-state index contributed by atoms with van der Waals surface area (Å²) in [6, 6.07) is 14.2. The molecule has 1 aromatic heterocycles. The molecule has 1 aliphatic rings. The van der Waals surface area contributed by atoms with Gasteiger partial charge in [-0.1, -0.05) is 18.2 Å². The van der Waals surface area contributed by atoms with Gasteiger partial charge in [-0.3, -0.25) is 14.9 Å². The van der Waals surface area contributed by atoms with Gasteiger partial charge in [0.2, 0.25) is 0 Å². The molecule has 2 N–H and O–H groups in total. The number of non-ortho nitro benzene ring substituents is 1. The van der Waals surface area contributed by atoms with Gasteiger partial charge < -0.3 is 10.2 Å². The van der Waals surface area contributed by atoms with Gasteiger partial charge >= 0.3 is 0 Å². The molecule has 2 heterocycles. The molecular weight excluding hydrogens is 376 g/mol. The van der Waals surface area contributed by atoms with Crippen molar-refractivity contribution < 1.29 is 14.6 Å². The van der Waals surface area contributed by atoms with Crippen molar-refractivity contribution in [1.29, 1.82) is 0 Å². The number of rotatable bonds is 5. The van der Waals surface area contributed by atoms with Crippen LogP contribution in [0.15, 0.2) is 48.5 Å². The first-order valence-corrected chi connectivity index (χ1v) is 10.1. The minimum atomic E-state index is -0.464. The minimum Gasteiger partial charge on any atom is -0.327 e. The van der Waals surface area contributed by atoms with Crippen LogP contribution in [0.25, 0.3) is 10.2 Å². The predicted octanol–water partition coefficient (Wildman–Crippen LogP) is 2.61. The second-order valence-electron chi connectivity index (χ2n) is 7.10. The van der Waals surface area contributed by atoms with Crippen LogP contribution in [0.5, 0.6) is 0 Å². The second kappa shape index (κ2) is 8.04. The Morgan fingerprint density at radius 3 is 2.96 bits per heavy atom. The normalized spacial score (nSPS) is 19.4. The van der Waals surface area contributed by atoms with E-state index in [-0.39, 0.29) is 11.6 Å².